The highest BCUT2D eigenvalue weighted by Crippen LogP contribution is 2.21. The Morgan fingerprint density at radius 1 is 1.50 bits per heavy atom. The van der Waals surface area contributed by atoms with Crippen molar-refractivity contribution in [2.45, 2.75) is 32.7 Å². The standard InChI is InChI=1S/C13H21N5O2/c1-4-8-10(14)11(17(3)16-8)13(20)18-7-6-15-12(19)9(18)5-2/h9H,4-7,14H2,1-3H3,(H,15,19). The van der Waals surface area contributed by atoms with E-state index in [1.807, 2.05) is 13.8 Å². The number of aromatic nitrogens is 2. The Morgan fingerprint density at radius 3 is 2.75 bits per heavy atom. The highest BCUT2D eigenvalue weighted by molar-refractivity contribution is 6.01. The fourth-order valence-electron chi connectivity index (χ4n) is 2.61. The second-order valence-corrected chi connectivity index (χ2v) is 4.90. The second kappa shape index (κ2) is 5.52. The molecule has 1 saturated heterocycles. The summed E-state index contributed by atoms with van der Waals surface area (Å²) in [5, 5.41) is 7.04. The minimum absolute atomic E-state index is 0.108. The van der Waals surface area contributed by atoms with Crippen LogP contribution in [0.3, 0.4) is 0 Å². The summed E-state index contributed by atoms with van der Waals surface area (Å²) in [4.78, 5) is 26.1. The van der Waals surface area contributed by atoms with Gasteiger partial charge in [0.05, 0.1) is 11.4 Å². The van der Waals surface area contributed by atoms with Crippen molar-refractivity contribution in [1.29, 1.82) is 0 Å². The lowest BCUT2D eigenvalue weighted by Gasteiger charge is -2.34. The molecule has 0 aromatic carbocycles. The van der Waals surface area contributed by atoms with Gasteiger partial charge in [0.15, 0.2) is 0 Å². The number of nitrogens with two attached hydrogens (primary N) is 1. The van der Waals surface area contributed by atoms with Crippen molar-refractivity contribution in [3.05, 3.63) is 11.4 Å². The van der Waals surface area contributed by atoms with Crippen LogP contribution in [0.2, 0.25) is 0 Å². The smallest absolute Gasteiger partial charge is 0.275 e. The number of anilines is 1. The third kappa shape index (κ3) is 2.23. The molecule has 2 heterocycles. The lowest BCUT2D eigenvalue weighted by atomic mass is 10.1. The number of hydrogen-bond acceptors (Lipinski definition) is 4. The number of rotatable bonds is 3. The molecule has 0 aliphatic carbocycles. The van der Waals surface area contributed by atoms with Gasteiger partial charge in [0.2, 0.25) is 5.91 Å². The van der Waals surface area contributed by atoms with Gasteiger partial charge in [-0.2, -0.15) is 5.10 Å². The summed E-state index contributed by atoms with van der Waals surface area (Å²) in [6.45, 7) is 4.80. The van der Waals surface area contributed by atoms with Crippen LogP contribution in [0, 0.1) is 0 Å². The molecule has 1 aromatic heterocycles. The van der Waals surface area contributed by atoms with E-state index in [2.05, 4.69) is 10.4 Å². The van der Waals surface area contributed by atoms with E-state index in [0.717, 1.165) is 0 Å². The Labute approximate surface area is 118 Å². The van der Waals surface area contributed by atoms with Crippen molar-refractivity contribution in [2.24, 2.45) is 7.05 Å². The van der Waals surface area contributed by atoms with Crippen LogP contribution in [0.4, 0.5) is 5.69 Å². The number of nitrogens with zero attached hydrogens (tertiary/aromatic N) is 3. The number of nitrogens with one attached hydrogen (secondary N) is 1. The summed E-state index contributed by atoms with van der Waals surface area (Å²) >= 11 is 0. The first-order valence-corrected chi connectivity index (χ1v) is 6.91. The lowest BCUT2D eigenvalue weighted by Crippen LogP contribution is -2.57. The average Bonchev–Trinajstić information content (AvgIpc) is 2.72. The highest BCUT2D eigenvalue weighted by Gasteiger charge is 2.34. The van der Waals surface area contributed by atoms with Gasteiger partial charge in [-0.05, 0) is 12.8 Å². The van der Waals surface area contributed by atoms with Crippen LogP contribution in [0.1, 0.15) is 36.5 Å². The van der Waals surface area contributed by atoms with Gasteiger partial charge in [-0.3, -0.25) is 14.3 Å². The van der Waals surface area contributed by atoms with E-state index in [-0.39, 0.29) is 11.8 Å². The zero-order chi connectivity index (χ0) is 14.9. The van der Waals surface area contributed by atoms with Crippen molar-refractivity contribution in [3.63, 3.8) is 0 Å². The molecule has 1 atom stereocenters. The molecule has 0 spiro atoms. The van der Waals surface area contributed by atoms with E-state index in [0.29, 0.717) is 43.0 Å². The molecule has 0 bridgehead atoms. The summed E-state index contributed by atoms with van der Waals surface area (Å²) in [7, 11) is 1.70. The number of carbonyl (C=O) groups is 2. The molecule has 110 valence electrons. The third-order valence-electron chi connectivity index (χ3n) is 3.68. The SMILES string of the molecule is CCc1nn(C)c(C(=O)N2CCNC(=O)C2CC)c1N. The number of hydrogen-bond donors (Lipinski definition) is 2. The Kier molecular flexibility index (Phi) is 3.96. The van der Waals surface area contributed by atoms with Crippen LogP contribution in [0.5, 0.6) is 0 Å². The van der Waals surface area contributed by atoms with Gasteiger partial charge in [-0.15, -0.1) is 0 Å². The van der Waals surface area contributed by atoms with Gasteiger partial charge < -0.3 is 16.0 Å². The summed E-state index contributed by atoms with van der Waals surface area (Å²) < 4.78 is 1.51. The van der Waals surface area contributed by atoms with Crippen molar-refractivity contribution >= 4 is 17.5 Å². The topological polar surface area (TPSA) is 93.2 Å². The quantitative estimate of drug-likeness (QED) is 0.809. The zero-order valence-electron chi connectivity index (χ0n) is 12.1. The van der Waals surface area contributed by atoms with Gasteiger partial charge >= 0.3 is 0 Å². The van der Waals surface area contributed by atoms with Crippen LogP contribution in [0.25, 0.3) is 0 Å². The normalized spacial score (nSPS) is 19.1. The molecular weight excluding hydrogens is 258 g/mol. The van der Waals surface area contributed by atoms with Crippen molar-refractivity contribution < 1.29 is 9.59 Å². The van der Waals surface area contributed by atoms with Crippen LogP contribution in [0.15, 0.2) is 0 Å². The maximum atomic E-state index is 12.7. The third-order valence-corrected chi connectivity index (χ3v) is 3.68. The van der Waals surface area contributed by atoms with Crippen LogP contribution < -0.4 is 11.1 Å². The first-order chi connectivity index (χ1) is 9.51. The van der Waals surface area contributed by atoms with E-state index in [1.165, 1.54) is 4.68 Å². The minimum Gasteiger partial charge on any atom is -0.395 e. The van der Waals surface area contributed by atoms with Crippen LogP contribution in [-0.2, 0) is 18.3 Å². The molecule has 0 saturated carbocycles. The van der Waals surface area contributed by atoms with Crippen LogP contribution in [-0.4, -0.2) is 45.6 Å². The molecule has 0 radical (unpaired) electrons. The highest BCUT2D eigenvalue weighted by atomic mass is 16.2. The number of carbonyl (C=O) groups excluding carboxylic acids is 2. The number of amides is 2. The average molecular weight is 279 g/mol. The fourth-order valence-corrected chi connectivity index (χ4v) is 2.61. The van der Waals surface area contributed by atoms with E-state index < -0.39 is 6.04 Å². The number of piperazine rings is 1. The van der Waals surface area contributed by atoms with Gasteiger partial charge in [0.25, 0.3) is 5.91 Å². The summed E-state index contributed by atoms with van der Waals surface area (Å²) in [6.07, 6.45) is 1.25. The van der Waals surface area contributed by atoms with E-state index >= 15 is 0 Å². The molecule has 1 aliphatic heterocycles. The monoisotopic (exact) mass is 279 g/mol. The van der Waals surface area contributed by atoms with Crippen LogP contribution >= 0.6 is 0 Å². The summed E-state index contributed by atoms with van der Waals surface area (Å²) in [5.41, 5.74) is 7.51. The van der Waals surface area contributed by atoms with Crippen molar-refractivity contribution in [1.82, 2.24) is 20.0 Å². The fraction of sp³-hybridized carbons (Fsp3) is 0.615. The predicted molar refractivity (Wildman–Crippen MR) is 75.1 cm³/mol. The number of aryl methyl sites for hydroxylation is 2. The van der Waals surface area contributed by atoms with Crippen molar-refractivity contribution in [2.75, 3.05) is 18.8 Å². The molecule has 1 aliphatic rings. The molecule has 7 heteroatoms. The Morgan fingerprint density at radius 2 is 2.20 bits per heavy atom. The molecule has 2 amide bonds. The lowest BCUT2D eigenvalue weighted by molar-refractivity contribution is -0.127. The van der Waals surface area contributed by atoms with E-state index in [4.69, 9.17) is 5.73 Å². The van der Waals surface area contributed by atoms with Gasteiger partial charge in [-0.1, -0.05) is 13.8 Å². The summed E-state index contributed by atoms with van der Waals surface area (Å²) in [5.74, 6) is -0.331. The summed E-state index contributed by atoms with van der Waals surface area (Å²) in [6, 6.07) is -0.435. The largest absolute Gasteiger partial charge is 0.395 e. The van der Waals surface area contributed by atoms with E-state index in [9.17, 15) is 9.59 Å². The van der Waals surface area contributed by atoms with Crippen molar-refractivity contribution in [3.8, 4) is 0 Å². The van der Waals surface area contributed by atoms with Gasteiger partial charge in [0.1, 0.15) is 11.7 Å². The minimum atomic E-state index is -0.435. The van der Waals surface area contributed by atoms with Gasteiger partial charge in [0, 0.05) is 20.1 Å². The molecule has 20 heavy (non-hydrogen) atoms. The molecule has 7 nitrogen and oxygen atoms in total. The molecule has 1 unspecified atom stereocenters. The Bertz CT molecular complexity index is 537. The first kappa shape index (κ1) is 14.4. The maximum absolute atomic E-state index is 12.7. The Balaban J connectivity index is 2.35. The first-order valence-electron chi connectivity index (χ1n) is 6.91. The second-order valence-electron chi connectivity index (χ2n) is 4.90. The van der Waals surface area contributed by atoms with E-state index in [1.54, 1.807) is 11.9 Å². The zero-order valence-corrected chi connectivity index (χ0v) is 12.1. The molecule has 1 fully saturated rings. The molecular formula is C13H21N5O2. The predicted octanol–water partition coefficient (Wildman–Crippen LogP) is -0.0847. The molecule has 3 N–H and O–H groups in total. The maximum Gasteiger partial charge on any atom is 0.275 e. The Hall–Kier alpha value is -2.05. The molecule has 1 aromatic rings. The molecule has 2 rings (SSSR count). The number of nitrogen functional groups attached to an aromatic ring is 1. The van der Waals surface area contributed by atoms with Gasteiger partial charge in [-0.25, -0.2) is 0 Å².